The molecule has 0 fully saturated rings. The summed E-state index contributed by atoms with van der Waals surface area (Å²) in [4.78, 5) is 24.2. The number of hydrogen-bond donors (Lipinski definition) is 1. The second kappa shape index (κ2) is 9.02. The zero-order valence-electron chi connectivity index (χ0n) is 14.7. The van der Waals surface area contributed by atoms with Crippen molar-refractivity contribution in [2.45, 2.75) is 39.5 Å². The second-order valence-corrected chi connectivity index (χ2v) is 5.93. The van der Waals surface area contributed by atoms with Crippen LogP contribution in [0.15, 0.2) is 42.5 Å². The summed E-state index contributed by atoms with van der Waals surface area (Å²) in [6.45, 7) is 4.46. The fourth-order valence-electron chi connectivity index (χ4n) is 2.84. The first-order chi connectivity index (χ1) is 12.1. The Bertz CT molecular complexity index is 749. The fourth-order valence-corrected chi connectivity index (χ4v) is 2.84. The molecule has 2 aromatic carbocycles. The summed E-state index contributed by atoms with van der Waals surface area (Å²) in [6.07, 6.45) is 3.41. The van der Waals surface area contributed by atoms with E-state index in [0.29, 0.717) is 23.3 Å². The zero-order chi connectivity index (χ0) is 18.2. The van der Waals surface area contributed by atoms with Crippen molar-refractivity contribution in [3.05, 3.63) is 59.2 Å². The van der Waals surface area contributed by atoms with Crippen molar-refractivity contribution in [2.75, 3.05) is 6.61 Å². The van der Waals surface area contributed by atoms with Gasteiger partial charge in [0.15, 0.2) is 0 Å². The predicted octanol–water partition coefficient (Wildman–Crippen LogP) is 4.96. The molecule has 0 aliphatic rings. The van der Waals surface area contributed by atoms with Gasteiger partial charge in [-0.2, -0.15) is 0 Å². The molecular weight excluding hydrogens is 316 g/mol. The van der Waals surface area contributed by atoms with Gasteiger partial charge < -0.3 is 9.84 Å². The van der Waals surface area contributed by atoms with E-state index in [9.17, 15) is 14.7 Å². The lowest BCUT2D eigenvalue weighted by atomic mass is 9.89. The largest absolute Gasteiger partial charge is 0.478 e. The van der Waals surface area contributed by atoms with Crippen molar-refractivity contribution in [3.8, 4) is 11.1 Å². The smallest absolute Gasteiger partial charge is 0.338 e. The number of carboxylic acid groups (broad SMARTS) is 1. The predicted molar refractivity (Wildman–Crippen MR) is 98.0 cm³/mol. The number of aromatic carboxylic acids is 1. The van der Waals surface area contributed by atoms with Crippen LogP contribution in [0.3, 0.4) is 0 Å². The highest BCUT2D eigenvalue weighted by Gasteiger charge is 2.21. The molecule has 0 aliphatic carbocycles. The van der Waals surface area contributed by atoms with E-state index in [1.165, 1.54) is 0 Å². The van der Waals surface area contributed by atoms with Crippen molar-refractivity contribution in [3.63, 3.8) is 0 Å². The summed E-state index contributed by atoms with van der Waals surface area (Å²) >= 11 is 0. The summed E-state index contributed by atoms with van der Waals surface area (Å²) in [6, 6.07) is 12.3. The molecule has 1 N–H and O–H groups in total. The number of carbonyl (C=O) groups is 2. The standard InChI is InChI=1S/C21H24O4/c1-3-5-14-25-21(24)18-13-8-10-15(9-4-2)19(18)16-11-6-7-12-17(16)20(22)23/h6-8,10-13H,3-5,9,14H2,1-2H3,(H,22,23). The first-order valence-electron chi connectivity index (χ1n) is 8.71. The van der Waals surface area contributed by atoms with Crippen LogP contribution in [-0.4, -0.2) is 23.7 Å². The monoisotopic (exact) mass is 340 g/mol. The van der Waals surface area contributed by atoms with Crippen molar-refractivity contribution in [2.24, 2.45) is 0 Å². The van der Waals surface area contributed by atoms with Crippen molar-refractivity contribution >= 4 is 11.9 Å². The van der Waals surface area contributed by atoms with Crippen molar-refractivity contribution < 1.29 is 19.4 Å². The average molecular weight is 340 g/mol. The van der Waals surface area contributed by atoms with Crippen LogP contribution in [0.5, 0.6) is 0 Å². The summed E-state index contributed by atoms with van der Waals surface area (Å²) in [5.74, 6) is -1.41. The number of carbonyl (C=O) groups excluding carboxylic acids is 1. The Morgan fingerprint density at radius 2 is 1.68 bits per heavy atom. The molecule has 4 nitrogen and oxygen atoms in total. The molecule has 0 bridgehead atoms. The van der Waals surface area contributed by atoms with E-state index in [-0.39, 0.29) is 5.56 Å². The molecule has 0 heterocycles. The normalized spacial score (nSPS) is 10.5. The Kier molecular flexibility index (Phi) is 6.75. The lowest BCUT2D eigenvalue weighted by molar-refractivity contribution is 0.0499. The molecule has 25 heavy (non-hydrogen) atoms. The van der Waals surface area contributed by atoms with E-state index >= 15 is 0 Å². The topological polar surface area (TPSA) is 63.6 Å². The second-order valence-electron chi connectivity index (χ2n) is 5.93. The zero-order valence-corrected chi connectivity index (χ0v) is 14.7. The maximum absolute atomic E-state index is 12.6. The van der Waals surface area contributed by atoms with Crippen molar-refractivity contribution in [1.29, 1.82) is 0 Å². The van der Waals surface area contributed by atoms with E-state index < -0.39 is 11.9 Å². The van der Waals surface area contributed by atoms with Gasteiger partial charge in [0.05, 0.1) is 17.7 Å². The Labute approximate surface area is 148 Å². The molecule has 0 atom stereocenters. The molecule has 0 aliphatic heterocycles. The number of ether oxygens (including phenoxy) is 1. The van der Waals surface area contributed by atoms with Crippen molar-refractivity contribution in [1.82, 2.24) is 0 Å². The van der Waals surface area contributed by atoms with E-state index in [0.717, 1.165) is 31.2 Å². The maximum Gasteiger partial charge on any atom is 0.338 e. The number of carboxylic acids is 1. The Morgan fingerprint density at radius 1 is 0.960 bits per heavy atom. The van der Waals surface area contributed by atoms with Gasteiger partial charge in [0.2, 0.25) is 0 Å². The number of rotatable bonds is 8. The minimum atomic E-state index is -1.01. The highest BCUT2D eigenvalue weighted by atomic mass is 16.5. The third-order valence-electron chi connectivity index (χ3n) is 4.05. The summed E-state index contributed by atoms with van der Waals surface area (Å²) in [7, 11) is 0. The molecule has 0 aromatic heterocycles. The van der Waals surface area contributed by atoms with Gasteiger partial charge in [-0.15, -0.1) is 0 Å². The third kappa shape index (κ3) is 4.47. The van der Waals surface area contributed by atoms with Gasteiger partial charge >= 0.3 is 11.9 Å². The molecule has 4 heteroatoms. The molecular formula is C21H24O4. The van der Waals surface area contributed by atoms with Crippen LogP contribution in [0.1, 0.15) is 59.4 Å². The van der Waals surface area contributed by atoms with E-state index in [1.807, 2.05) is 19.1 Å². The molecule has 2 aromatic rings. The molecule has 0 spiro atoms. The van der Waals surface area contributed by atoms with Crippen LogP contribution in [0.25, 0.3) is 11.1 Å². The maximum atomic E-state index is 12.6. The number of esters is 1. The number of aryl methyl sites for hydroxylation is 1. The molecule has 0 unspecified atom stereocenters. The molecule has 0 saturated heterocycles. The van der Waals surface area contributed by atoms with Crippen LogP contribution < -0.4 is 0 Å². The van der Waals surface area contributed by atoms with Crippen LogP contribution in [0, 0.1) is 0 Å². The molecule has 132 valence electrons. The van der Waals surface area contributed by atoms with Gasteiger partial charge in [0.25, 0.3) is 0 Å². The molecule has 0 saturated carbocycles. The summed E-state index contributed by atoms with van der Waals surface area (Å²) < 4.78 is 5.38. The first-order valence-corrected chi connectivity index (χ1v) is 8.71. The van der Waals surface area contributed by atoms with Crippen LogP contribution in [-0.2, 0) is 11.2 Å². The Balaban J connectivity index is 2.58. The molecule has 0 radical (unpaired) electrons. The van der Waals surface area contributed by atoms with Gasteiger partial charge in [-0.3, -0.25) is 0 Å². The minimum Gasteiger partial charge on any atom is -0.478 e. The van der Waals surface area contributed by atoms with Gasteiger partial charge in [0.1, 0.15) is 0 Å². The van der Waals surface area contributed by atoms with Gasteiger partial charge in [-0.1, -0.05) is 57.0 Å². The summed E-state index contributed by atoms with van der Waals surface area (Å²) in [5, 5.41) is 9.53. The van der Waals surface area contributed by atoms with Gasteiger partial charge in [0, 0.05) is 5.56 Å². The van der Waals surface area contributed by atoms with E-state index in [1.54, 1.807) is 30.3 Å². The van der Waals surface area contributed by atoms with Crippen LogP contribution in [0.4, 0.5) is 0 Å². The highest BCUT2D eigenvalue weighted by molar-refractivity contribution is 6.03. The lowest BCUT2D eigenvalue weighted by Crippen LogP contribution is -2.11. The Hall–Kier alpha value is -2.62. The first kappa shape index (κ1) is 18.7. The quantitative estimate of drug-likeness (QED) is 0.545. The van der Waals surface area contributed by atoms with Crippen LogP contribution >= 0.6 is 0 Å². The third-order valence-corrected chi connectivity index (χ3v) is 4.05. The van der Waals surface area contributed by atoms with Crippen LogP contribution in [0.2, 0.25) is 0 Å². The highest BCUT2D eigenvalue weighted by Crippen LogP contribution is 2.32. The number of hydrogen-bond acceptors (Lipinski definition) is 3. The van der Waals surface area contributed by atoms with Gasteiger partial charge in [-0.05, 0) is 36.1 Å². The van der Waals surface area contributed by atoms with E-state index in [4.69, 9.17) is 4.74 Å². The molecule has 0 amide bonds. The average Bonchev–Trinajstić information content (AvgIpc) is 2.62. The van der Waals surface area contributed by atoms with Gasteiger partial charge in [-0.25, -0.2) is 9.59 Å². The number of unbranched alkanes of at least 4 members (excludes halogenated alkanes) is 1. The number of benzene rings is 2. The Morgan fingerprint density at radius 3 is 2.36 bits per heavy atom. The minimum absolute atomic E-state index is 0.189. The SMILES string of the molecule is CCCCOC(=O)c1cccc(CCC)c1-c1ccccc1C(=O)O. The summed E-state index contributed by atoms with van der Waals surface area (Å²) in [5.41, 5.74) is 2.80. The molecule has 2 rings (SSSR count). The lowest BCUT2D eigenvalue weighted by Gasteiger charge is -2.16. The fraction of sp³-hybridized carbons (Fsp3) is 0.333. The van der Waals surface area contributed by atoms with E-state index in [2.05, 4.69) is 6.92 Å².